The van der Waals surface area contributed by atoms with Crippen molar-refractivity contribution >= 4 is 29.3 Å². The molecule has 1 N–H and O–H groups in total. The Balaban J connectivity index is 1.67. The van der Waals surface area contributed by atoms with Gasteiger partial charge in [-0.2, -0.15) is 0 Å². The second kappa shape index (κ2) is 9.60. The van der Waals surface area contributed by atoms with Gasteiger partial charge in [-0.15, -0.1) is 11.8 Å². The van der Waals surface area contributed by atoms with Crippen LogP contribution in [0.15, 0.2) is 48.5 Å². The van der Waals surface area contributed by atoms with E-state index in [4.69, 9.17) is 16.3 Å². The van der Waals surface area contributed by atoms with E-state index in [1.54, 1.807) is 11.8 Å². The fourth-order valence-corrected chi connectivity index (χ4v) is 3.10. The molecule has 2 aromatic rings. The van der Waals surface area contributed by atoms with Crippen LogP contribution in [0, 0.1) is 6.92 Å². The Kier molecular flexibility index (Phi) is 7.47. The molecule has 0 fully saturated rings. The van der Waals surface area contributed by atoms with Gasteiger partial charge < -0.3 is 10.1 Å². The molecule has 128 valence electrons. The number of ether oxygens (including phenoxy) is 1. The number of halogens is 1. The van der Waals surface area contributed by atoms with Gasteiger partial charge in [0, 0.05) is 17.3 Å². The standard InChI is InChI=1S/C19H22ClNO2S/c1-14-6-5-8-17(12-14)23-10-11-24-15(2)19(22)21-13-16-7-3-4-9-18(16)20/h3-9,12,15H,10-11,13H2,1-2H3,(H,21,22). The zero-order valence-corrected chi connectivity index (χ0v) is 15.5. The predicted molar refractivity (Wildman–Crippen MR) is 102 cm³/mol. The maximum Gasteiger partial charge on any atom is 0.233 e. The van der Waals surface area contributed by atoms with E-state index in [1.807, 2.05) is 62.4 Å². The summed E-state index contributed by atoms with van der Waals surface area (Å²) in [5.41, 5.74) is 2.10. The molecule has 0 spiro atoms. The molecule has 1 atom stereocenters. The highest BCUT2D eigenvalue weighted by Gasteiger charge is 2.13. The topological polar surface area (TPSA) is 38.3 Å². The van der Waals surface area contributed by atoms with Crippen LogP contribution in [0.3, 0.4) is 0 Å². The molecule has 24 heavy (non-hydrogen) atoms. The van der Waals surface area contributed by atoms with Crippen LogP contribution in [0.5, 0.6) is 5.75 Å². The van der Waals surface area contributed by atoms with Gasteiger partial charge in [0.2, 0.25) is 5.91 Å². The Morgan fingerprint density at radius 1 is 1.25 bits per heavy atom. The monoisotopic (exact) mass is 363 g/mol. The summed E-state index contributed by atoms with van der Waals surface area (Å²) >= 11 is 7.66. The molecule has 0 heterocycles. The summed E-state index contributed by atoms with van der Waals surface area (Å²) in [6.45, 7) is 4.96. The molecule has 0 radical (unpaired) electrons. The second-order valence-electron chi connectivity index (χ2n) is 5.49. The summed E-state index contributed by atoms with van der Waals surface area (Å²) in [5.74, 6) is 1.64. The van der Waals surface area contributed by atoms with Crippen LogP contribution in [-0.2, 0) is 11.3 Å². The van der Waals surface area contributed by atoms with Crippen molar-refractivity contribution in [3.05, 3.63) is 64.7 Å². The SMILES string of the molecule is Cc1cccc(OCCSC(C)C(=O)NCc2ccccc2Cl)c1. The zero-order valence-electron chi connectivity index (χ0n) is 13.9. The number of amides is 1. The lowest BCUT2D eigenvalue weighted by atomic mass is 10.2. The van der Waals surface area contributed by atoms with Crippen LogP contribution >= 0.6 is 23.4 Å². The highest BCUT2D eigenvalue weighted by atomic mass is 35.5. The number of carbonyl (C=O) groups excluding carboxylic acids is 1. The minimum Gasteiger partial charge on any atom is -0.493 e. The van der Waals surface area contributed by atoms with Crippen molar-refractivity contribution in [1.29, 1.82) is 0 Å². The molecule has 2 rings (SSSR count). The van der Waals surface area contributed by atoms with Crippen LogP contribution in [-0.4, -0.2) is 23.5 Å². The Bertz CT molecular complexity index is 678. The lowest BCUT2D eigenvalue weighted by Gasteiger charge is -2.13. The van der Waals surface area contributed by atoms with Crippen molar-refractivity contribution in [1.82, 2.24) is 5.32 Å². The summed E-state index contributed by atoms with van der Waals surface area (Å²) in [7, 11) is 0. The summed E-state index contributed by atoms with van der Waals surface area (Å²) in [4.78, 5) is 12.1. The average Bonchev–Trinajstić information content (AvgIpc) is 2.57. The third kappa shape index (κ3) is 6.10. The lowest BCUT2D eigenvalue weighted by molar-refractivity contribution is -0.120. The van der Waals surface area contributed by atoms with Crippen molar-refractivity contribution in [2.24, 2.45) is 0 Å². The van der Waals surface area contributed by atoms with Gasteiger partial charge in [-0.05, 0) is 43.2 Å². The minimum absolute atomic E-state index is 0.00970. The molecule has 0 saturated carbocycles. The molecule has 2 aromatic carbocycles. The number of nitrogens with one attached hydrogen (secondary N) is 1. The summed E-state index contributed by atoms with van der Waals surface area (Å²) < 4.78 is 5.69. The molecule has 3 nitrogen and oxygen atoms in total. The molecule has 0 aromatic heterocycles. The Morgan fingerprint density at radius 2 is 2.04 bits per heavy atom. The van der Waals surface area contributed by atoms with E-state index in [-0.39, 0.29) is 11.2 Å². The highest BCUT2D eigenvalue weighted by molar-refractivity contribution is 8.00. The molecule has 1 amide bonds. The lowest BCUT2D eigenvalue weighted by Crippen LogP contribution is -2.31. The van der Waals surface area contributed by atoms with Crippen LogP contribution < -0.4 is 10.1 Å². The van der Waals surface area contributed by atoms with Crippen molar-refractivity contribution in [3.8, 4) is 5.75 Å². The Labute approximate surface area is 152 Å². The molecule has 0 aliphatic carbocycles. The Morgan fingerprint density at radius 3 is 2.79 bits per heavy atom. The van der Waals surface area contributed by atoms with Crippen molar-refractivity contribution in [2.45, 2.75) is 25.6 Å². The number of hydrogen-bond donors (Lipinski definition) is 1. The van der Waals surface area contributed by atoms with E-state index in [0.717, 1.165) is 17.1 Å². The van der Waals surface area contributed by atoms with E-state index < -0.39 is 0 Å². The van der Waals surface area contributed by atoms with E-state index in [1.165, 1.54) is 5.56 Å². The normalized spacial score (nSPS) is 11.8. The Hall–Kier alpha value is -1.65. The number of benzene rings is 2. The highest BCUT2D eigenvalue weighted by Crippen LogP contribution is 2.16. The van der Waals surface area contributed by atoms with E-state index in [2.05, 4.69) is 5.32 Å². The molecular formula is C19H22ClNO2S. The van der Waals surface area contributed by atoms with Gasteiger partial charge >= 0.3 is 0 Å². The number of aryl methyl sites for hydroxylation is 1. The smallest absolute Gasteiger partial charge is 0.233 e. The number of hydrogen-bond acceptors (Lipinski definition) is 3. The molecule has 0 bridgehead atoms. The third-order valence-electron chi connectivity index (χ3n) is 3.49. The molecular weight excluding hydrogens is 342 g/mol. The third-order valence-corrected chi connectivity index (χ3v) is 4.97. The first kappa shape index (κ1) is 18.7. The van der Waals surface area contributed by atoms with Gasteiger partial charge in [0.1, 0.15) is 5.75 Å². The number of rotatable bonds is 8. The van der Waals surface area contributed by atoms with E-state index in [0.29, 0.717) is 18.2 Å². The summed E-state index contributed by atoms with van der Waals surface area (Å²) in [5, 5.41) is 3.46. The van der Waals surface area contributed by atoms with Gasteiger partial charge in [-0.25, -0.2) is 0 Å². The first-order chi connectivity index (χ1) is 11.6. The second-order valence-corrected chi connectivity index (χ2v) is 7.34. The van der Waals surface area contributed by atoms with Gasteiger partial charge in [-0.3, -0.25) is 4.79 Å². The summed E-state index contributed by atoms with van der Waals surface area (Å²) in [6, 6.07) is 15.5. The summed E-state index contributed by atoms with van der Waals surface area (Å²) in [6.07, 6.45) is 0. The zero-order chi connectivity index (χ0) is 17.4. The first-order valence-corrected chi connectivity index (χ1v) is 9.31. The van der Waals surface area contributed by atoms with E-state index in [9.17, 15) is 4.79 Å². The van der Waals surface area contributed by atoms with Crippen molar-refractivity contribution < 1.29 is 9.53 Å². The van der Waals surface area contributed by atoms with Gasteiger partial charge in [0.05, 0.1) is 11.9 Å². The minimum atomic E-state index is -0.131. The van der Waals surface area contributed by atoms with Crippen molar-refractivity contribution in [2.75, 3.05) is 12.4 Å². The molecule has 1 unspecified atom stereocenters. The number of thioether (sulfide) groups is 1. The molecule has 0 aliphatic rings. The molecule has 5 heteroatoms. The van der Waals surface area contributed by atoms with Crippen LogP contribution in [0.1, 0.15) is 18.1 Å². The predicted octanol–water partition coefficient (Wildman–Crippen LogP) is 4.47. The van der Waals surface area contributed by atoms with Gasteiger partial charge in [0.15, 0.2) is 0 Å². The quantitative estimate of drug-likeness (QED) is 0.703. The fourth-order valence-electron chi connectivity index (χ4n) is 2.13. The van der Waals surface area contributed by atoms with Crippen LogP contribution in [0.4, 0.5) is 0 Å². The van der Waals surface area contributed by atoms with Crippen molar-refractivity contribution in [3.63, 3.8) is 0 Å². The first-order valence-electron chi connectivity index (χ1n) is 7.88. The number of carbonyl (C=O) groups is 1. The molecule has 0 aliphatic heterocycles. The van der Waals surface area contributed by atoms with Crippen LogP contribution in [0.2, 0.25) is 5.02 Å². The fraction of sp³-hybridized carbons (Fsp3) is 0.316. The largest absolute Gasteiger partial charge is 0.493 e. The average molecular weight is 364 g/mol. The van der Waals surface area contributed by atoms with Gasteiger partial charge in [0.25, 0.3) is 0 Å². The maximum atomic E-state index is 12.1. The van der Waals surface area contributed by atoms with E-state index >= 15 is 0 Å². The maximum absolute atomic E-state index is 12.1. The van der Waals surface area contributed by atoms with Crippen LogP contribution in [0.25, 0.3) is 0 Å². The van der Waals surface area contributed by atoms with Gasteiger partial charge in [-0.1, -0.05) is 41.9 Å². The molecule has 0 saturated heterocycles.